The highest BCUT2D eigenvalue weighted by Crippen LogP contribution is 2.21. The standard InChI is InChI=1S/C16H18N8O/c25-16(18-10-12-5-7-17-8-6-12)13-2-1-9-23(11-13)15-4-3-14-19-21-22-24(14)20-15/h3-8,13H,1-2,9-11H2,(H,18,25)/t13-/m1/s1. The fourth-order valence-electron chi connectivity index (χ4n) is 3.04. The van der Waals surface area contributed by atoms with Crippen LogP contribution in [-0.4, -0.2) is 49.2 Å². The van der Waals surface area contributed by atoms with E-state index in [2.05, 4.69) is 35.8 Å². The van der Waals surface area contributed by atoms with Crippen molar-refractivity contribution in [3.63, 3.8) is 0 Å². The molecule has 9 nitrogen and oxygen atoms in total. The largest absolute Gasteiger partial charge is 0.354 e. The summed E-state index contributed by atoms with van der Waals surface area (Å²) in [7, 11) is 0. The lowest BCUT2D eigenvalue weighted by Crippen LogP contribution is -2.43. The molecule has 0 saturated carbocycles. The molecule has 1 N–H and O–H groups in total. The van der Waals surface area contributed by atoms with E-state index in [-0.39, 0.29) is 11.8 Å². The van der Waals surface area contributed by atoms with Crippen molar-refractivity contribution in [2.24, 2.45) is 5.92 Å². The molecular formula is C16H18N8O. The summed E-state index contributed by atoms with van der Waals surface area (Å²) in [5.74, 6) is 0.804. The number of pyridine rings is 1. The average Bonchev–Trinajstić information content (AvgIpc) is 3.15. The molecule has 9 heteroatoms. The van der Waals surface area contributed by atoms with Gasteiger partial charge >= 0.3 is 0 Å². The lowest BCUT2D eigenvalue weighted by Gasteiger charge is -2.32. The Hall–Kier alpha value is -3.10. The van der Waals surface area contributed by atoms with Gasteiger partial charge in [-0.15, -0.1) is 14.8 Å². The molecule has 3 aromatic heterocycles. The van der Waals surface area contributed by atoms with E-state index in [0.717, 1.165) is 30.8 Å². The number of anilines is 1. The van der Waals surface area contributed by atoms with Gasteiger partial charge in [0.15, 0.2) is 11.5 Å². The molecule has 4 heterocycles. The van der Waals surface area contributed by atoms with E-state index < -0.39 is 0 Å². The summed E-state index contributed by atoms with van der Waals surface area (Å²) in [6.45, 7) is 2.03. The third-order valence-corrected chi connectivity index (χ3v) is 4.39. The number of tetrazole rings is 1. The predicted molar refractivity (Wildman–Crippen MR) is 89.6 cm³/mol. The Bertz CT molecular complexity index is 865. The van der Waals surface area contributed by atoms with Gasteiger partial charge in [0.1, 0.15) is 0 Å². The van der Waals surface area contributed by atoms with Crippen LogP contribution in [0.4, 0.5) is 5.82 Å². The van der Waals surface area contributed by atoms with Gasteiger partial charge in [0, 0.05) is 32.0 Å². The van der Waals surface area contributed by atoms with E-state index in [0.29, 0.717) is 18.7 Å². The Morgan fingerprint density at radius 1 is 1.24 bits per heavy atom. The molecule has 0 aromatic carbocycles. The van der Waals surface area contributed by atoms with Crippen LogP contribution in [0.3, 0.4) is 0 Å². The average molecular weight is 338 g/mol. The fourth-order valence-corrected chi connectivity index (χ4v) is 3.04. The number of hydrogen-bond donors (Lipinski definition) is 1. The second kappa shape index (κ2) is 6.80. The molecule has 0 aliphatic carbocycles. The van der Waals surface area contributed by atoms with Crippen LogP contribution < -0.4 is 10.2 Å². The normalized spacial score (nSPS) is 17.6. The minimum absolute atomic E-state index is 0.0537. The minimum atomic E-state index is -0.0537. The summed E-state index contributed by atoms with van der Waals surface area (Å²) in [5.41, 5.74) is 1.65. The van der Waals surface area contributed by atoms with Crippen LogP contribution in [0.5, 0.6) is 0 Å². The van der Waals surface area contributed by atoms with Crippen molar-refractivity contribution in [1.82, 2.24) is 35.6 Å². The molecule has 128 valence electrons. The first-order valence-corrected chi connectivity index (χ1v) is 8.26. The summed E-state index contributed by atoms with van der Waals surface area (Å²) in [6, 6.07) is 7.52. The Morgan fingerprint density at radius 3 is 3.00 bits per heavy atom. The van der Waals surface area contributed by atoms with Crippen LogP contribution >= 0.6 is 0 Å². The van der Waals surface area contributed by atoms with Crippen molar-refractivity contribution in [1.29, 1.82) is 0 Å². The number of piperidine rings is 1. The number of hydrogen-bond acceptors (Lipinski definition) is 7. The second-order valence-electron chi connectivity index (χ2n) is 6.08. The van der Waals surface area contributed by atoms with Crippen LogP contribution in [0.25, 0.3) is 5.65 Å². The highest BCUT2D eigenvalue weighted by atomic mass is 16.1. The highest BCUT2D eigenvalue weighted by Gasteiger charge is 2.26. The number of nitrogens with one attached hydrogen (secondary N) is 1. The Morgan fingerprint density at radius 2 is 2.12 bits per heavy atom. The summed E-state index contributed by atoms with van der Waals surface area (Å²) >= 11 is 0. The molecular weight excluding hydrogens is 320 g/mol. The Labute approximate surface area is 144 Å². The van der Waals surface area contributed by atoms with E-state index in [4.69, 9.17) is 0 Å². The van der Waals surface area contributed by atoms with Gasteiger partial charge in [0.2, 0.25) is 5.91 Å². The Balaban J connectivity index is 1.40. The van der Waals surface area contributed by atoms with Gasteiger partial charge in [-0.3, -0.25) is 9.78 Å². The first kappa shape index (κ1) is 15.4. The van der Waals surface area contributed by atoms with Gasteiger partial charge in [-0.05, 0) is 53.1 Å². The molecule has 1 aliphatic rings. The molecule has 3 aromatic rings. The van der Waals surface area contributed by atoms with E-state index in [1.165, 1.54) is 4.63 Å². The Kier molecular flexibility index (Phi) is 4.19. The molecule has 1 saturated heterocycles. The number of amides is 1. The highest BCUT2D eigenvalue weighted by molar-refractivity contribution is 5.79. The van der Waals surface area contributed by atoms with E-state index in [1.54, 1.807) is 12.4 Å². The topological polar surface area (TPSA) is 101 Å². The zero-order valence-electron chi connectivity index (χ0n) is 13.6. The number of carbonyl (C=O) groups is 1. The minimum Gasteiger partial charge on any atom is -0.354 e. The van der Waals surface area contributed by atoms with Crippen molar-refractivity contribution in [2.75, 3.05) is 18.0 Å². The van der Waals surface area contributed by atoms with Crippen LogP contribution in [0.1, 0.15) is 18.4 Å². The van der Waals surface area contributed by atoms with Gasteiger partial charge in [0.25, 0.3) is 0 Å². The van der Waals surface area contributed by atoms with Gasteiger partial charge in [-0.25, -0.2) is 0 Å². The van der Waals surface area contributed by atoms with Crippen LogP contribution in [-0.2, 0) is 11.3 Å². The van der Waals surface area contributed by atoms with Gasteiger partial charge < -0.3 is 10.2 Å². The molecule has 0 unspecified atom stereocenters. The third-order valence-electron chi connectivity index (χ3n) is 4.39. The van der Waals surface area contributed by atoms with Gasteiger partial charge in [0.05, 0.1) is 5.92 Å². The first-order valence-electron chi connectivity index (χ1n) is 8.26. The van der Waals surface area contributed by atoms with Crippen LogP contribution in [0, 0.1) is 5.92 Å². The van der Waals surface area contributed by atoms with E-state index in [9.17, 15) is 4.79 Å². The maximum atomic E-state index is 12.5. The smallest absolute Gasteiger partial charge is 0.225 e. The van der Waals surface area contributed by atoms with Gasteiger partial charge in [-0.2, -0.15) is 0 Å². The van der Waals surface area contributed by atoms with Crippen molar-refractivity contribution < 1.29 is 4.79 Å². The maximum absolute atomic E-state index is 12.5. The zero-order valence-corrected chi connectivity index (χ0v) is 13.6. The molecule has 0 bridgehead atoms. The molecule has 1 amide bonds. The van der Waals surface area contributed by atoms with Gasteiger partial charge in [-0.1, -0.05) is 0 Å². The molecule has 0 radical (unpaired) electrons. The number of nitrogens with zero attached hydrogens (tertiary/aromatic N) is 7. The molecule has 1 aliphatic heterocycles. The SMILES string of the molecule is O=C(NCc1ccncc1)[C@@H]1CCCN(c2ccc3nnnn3n2)C1. The number of fused-ring (bicyclic) bond motifs is 1. The maximum Gasteiger partial charge on any atom is 0.225 e. The van der Waals surface area contributed by atoms with Crippen LogP contribution in [0.15, 0.2) is 36.7 Å². The number of aromatic nitrogens is 6. The summed E-state index contributed by atoms with van der Waals surface area (Å²) < 4.78 is 1.41. The molecule has 1 fully saturated rings. The van der Waals surface area contributed by atoms with E-state index >= 15 is 0 Å². The summed E-state index contributed by atoms with van der Waals surface area (Å²) in [5, 5.41) is 18.7. The van der Waals surface area contributed by atoms with Crippen molar-refractivity contribution in [3.8, 4) is 0 Å². The molecule has 4 rings (SSSR count). The molecule has 1 atom stereocenters. The quantitative estimate of drug-likeness (QED) is 0.737. The molecule has 0 spiro atoms. The second-order valence-corrected chi connectivity index (χ2v) is 6.08. The third kappa shape index (κ3) is 3.39. The van der Waals surface area contributed by atoms with Crippen molar-refractivity contribution >= 4 is 17.4 Å². The number of rotatable bonds is 4. The van der Waals surface area contributed by atoms with Crippen LogP contribution in [0.2, 0.25) is 0 Å². The van der Waals surface area contributed by atoms with E-state index in [1.807, 2.05) is 24.3 Å². The monoisotopic (exact) mass is 338 g/mol. The fraction of sp³-hybridized carbons (Fsp3) is 0.375. The van der Waals surface area contributed by atoms with Crippen molar-refractivity contribution in [2.45, 2.75) is 19.4 Å². The predicted octanol–water partition coefficient (Wildman–Crippen LogP) is 0.447. The summed E-state index contributed by atoms with van der Waals surface area (Å²) in [4.78, 5) is 18.6. The zero-order chi connectivity index (χ0) is 17.1. The lowest BCUT2D eigenvalue weighted by atomic mass is 9.97. The number of carbonyl (C=O) groups excluding carboxylic acids is 1. The first-order chi connectivity index (χ1) is 12.3. The summed E-state index contributed by atoms with van der Waals surface area (Å²) in [6.07, 6.45) is 5.28. The molecule has 25 heavy (non-hydrogen) atoms. The van der Waals surface area contributed by atoms with Crippen molar-refractivity contribution in [3.05, 3.63) is 42.2 Å². The lowest BCUT2D eigenvalue weighted by molar-refractivity contribution is -0.125.